The molecule has 63 heavy (non-hydrogen) atoms. The summed E-state index contributed by atoms with van der Waals surface area (Å²) in [6.45, 7) is 0. The number of rotatable bonds is 4. The Labute approximate surface area is 364 Å². The second-order valence-electron chi connectivity index (χ2n) is 16.3. The van der Waals surface area contributed by atoms with Crippen molar-refractivity contribution in [1.82, 2.24) is 24.1 Å². The summed E-state index contributed by atoms with van der Waals surface area (Å²) >= 11 is 1.81. The first-order valence-corrected chi connectivity index (χ1v) is 22.1. The number of thiophene rings is 1. The molecule has 10 aromatic carbocycles. The maximum Gasteiger partial charge on any atom is 0.238 e. The largest absolute Gasteiger partial charge is 0.307 e. The van der Waals surface area contributed by atoms with Crippen molar-refractivity contribution >= 4 is 107 Å². The van der Waals surface area contributed by atoms with Crippen LogP contribution in [0.4, 0.5) is 0 Å². The summed E-state index contributed by atoms with van der Waals surface area (Å²) in [6, 6.07) is 72.1. The third-order valence-electron chi connectivity index (χ3n) is 12.9. The molecule has 292 valence electrons. The molecule has 0 radical (unpaired) electrons. The molecule has 4 aromatic heterocycles. The lowest BCUT2D eigenvalue weighted by atomic mass is 9.94. The lowest BCUT2D eigenvalue weighted by Gasteiger charge is -2.15. The van der Waals surface area contributed by atoms with E-state index in [1.165, 1.54) is 57.9 Å². The predicted molar refractivity (Wildman–Crippen MR) is 265 cm³/mol. The van der Waals surface area contributed by atoms with Gasteiger partial charge in [0.25, 0.3) is 0 Å². The Bertz CT molecular complexity index is 4180. The number of benzene rings is 10. The van der Waals surface area contributed by atoms with Gasteiger partial charge in [0.1, 0.15) is 0 Å². The molecule has 0 spiro atoms. The summed E-state index contributed by atoms with van der Waals surface area (Å²) < 4.78 is 7.25. The molecule has 0 aliphatic rings. The third kappa shape index (κ3) is 5.01. The van der Waals surface area contributed by atoms with Crippen LogP contribution in [0.15, 0.2) is 200 Å². The van der Waals surface area contributed by atoms with Gasteiger partial charge in [-0.2, -0.15) is 9.97 Å². The van der Waals surface area contributed by atoms with Crippen LogP contribution in [0.1, 0.15) is 0 Å². The van der Waals surface area contributed by atoms with Crippen LogP contribution in [0, 0.1) is 0 Å². The van der Waals surface area contributed by atoms with Crippen LogP contribution in [-0.2, 0) is 0 Å². The third-order valence-corrected chi connectivity index (χ3v) is 14.1. The molecule has 0 saturated carbocycles. The summed E-state index contributed by atoms with van der Waals surface area (Å²) in [5.41, 5.74) is 7.29. The van der Waals surface area contributed by atoms with E-state index in [0.717, 1.165) is 55.0 Å². The Morgan fingerprint density at radius 3 is 1.48 bits per heavy atom. The van der Waals surface area contributed by atoms with Crippen molar-refractivity contribution in [3.8, 4) is 34.4 Å². The van der Waals surface area contributed by atoms with Gasteiger partial charge in [-0.15, -0.1) is 11.3 Å². The van der Waals surface area contributed by atoms with Gasteiger partial charge >= 0.3 is 0 Å². The van der Waals surface area contributed by atoms with Gasteiger partial charge in [-0.3, -0.25) is 4.57 Å². The zero-order chi connectivity index (χ0) is 41.2. The minimum atomic E-state index is 0.570. The van der Waals surface area contributed by atoms with Gasteiger partial charge in [0, 0.05) is 58.5 Å². The average molecular weight is 820 g/mol. The van der Waals surface area contributed by atoms with Gasteiger partial charge in [-0.1, -0.05) is 152 Å². The highest BCUT2D eigenvalue weighted by atomic mass is 32.1. The number of hydrogen-bond donors (Lipinski definition) is 0. The van der Waals surface area contributed by atoms with E-state index in [9.17, 15) is 0 Å². The molecule has 5 nitrogen and oxygen atoms in total. The molecular weight excluding hydrogens is 787 g/mol. The molecule has 14 rings (SSSR count). The highest BCUT2D eigenvalue weighted by Crippen LogP contribution is 2.44. The number of hydrogen-bond acceptors (Lipinski definition) is 4. The minimum Gasteiger partial charge on any atom is -0.307 e. The Kier molecular flexibility index (Phi) is 7.21. The average Bonchev–Trinajstić information content (AvgIpc) is 4.02. The molecule has 0 fully saturated rings. The minimum absolute atomic E-state index is 0.570. The molecule has 0 unspecified atom stereocenters. The smallest absolute Gasteiger partial charge is 0.238 e. The quantitative estimate of drug-likeness (QED) is 0.166. The standard InChI is InChI=1S/C57H33N5S/c1-2-14-34(15-3-1)55-58-56(35-26-31-52-48(32-35)44-22-10-13-25-51(44)63-52)60-57(59-55)62-50-24-12-9-21-43(50)46-30-29-45-42-20-8-11-23-49(42)61(53(45)54(46)62)36-27-28-41-39-18-5-4-16-37(39)38-17-6-7-19-40(38)47(41)33-36/h1-33H. The number of para-hydroxylation sites is 2. The SMILES string of the molecule is c1ccc(-c2nc(-c3ccc4sc5ccccc5c4c3)nc(-n3c4ccccc4c4ccc5c6ccccc6n(-c6ccc7c8ccccc8c8ccccc8c7c6)c5c43)n2)cc1. The Morgan fingerprint density at radius 1 is 0.302 bits per heavy atom. The van der Waals surface area contributed by atoms with Crippen molar-refractivity contribution in [2.45, 2.75) is 0 Å². The van der Waals surface area contributed by atoms with Gasteiger partial charge in [0.2, 0.25) is 5.95 Å². The first kappa shape index (κ1) is 34.5. The Hall–Kier alpha value is -8.19. The highest BCUT2D eigenvalue weighted by molar-refractivity contribution is 7.25. The monoisotopic (exact) mass is 819 g/mol. The van der Waals surface area contributed by atoms with E-state index in [1.54, 1.807) is 0 Å². The predicted octanol–water partition coefficient (Wildman–Crippen LogP) is 15.2. The summed E-state index contributed by atoms with van der Waals surface area (Å²) in [5, 5.41) is 14.6. The number of fused-ring (bicyclic) bond motifs is 16. The van der Waals surface area contributed by atoms with E-state index in [4.69, 9.17) is 15.0 Å². The van der Waals surface area contributed by atoms with Crippen LogP contribution in [0.25, 0.3) is 131 Å². The second kappa shape index (κ2) is 13.2. The fraction of sp³-hybridized carbons (Fsp3) is 0. The Morgan fingerprint density at radius 2 is 0.794 bits per heavy atom. The van der Waals surface area contributed by atoms with Crippen molar-refractivity contribution in [3.05, 3.63) is 200 Å². The van der Waals surface area contributed by atoms with Gasteiger partial charge in [0.15, 0.2) is 11.6 Å². The molecule has 0 aliphatic heterocycles. The fourth-order valence-electron chi connectivity index (χ4n) is 10.2. The van der Waals surface area contributed by atoms with Crippen LogP contribution >= 0.6 is 11.3 Å². The lowest BCUT2D eigenvalue weighted by molar-refractivity contribution is 0.953. The molecular formula is C57H33N5S. The van der Waals surface area contributed by atoms with E-state index in [-0.39, 0.29) is 0 Å². The molecule has 14 aromatic rings. The molecule has 0 aliphatic carbocycles. The molecule has 4 heterocycles. The normalized spacial score (nSPS) is 12.1. The van der Waals surface area contributed by atoms with Crippen LogP contribution in [0.5, 0.6) is 0 Å². The maximum atomic E-state index is 5.45. The van der Waals surface area contributed by atoms with Crippen molar-refractivity contribution in [2.75, 3.05) is 0 Å². The molecule has 0 amide bonds. The summed E-state index contributed by atoms with van der Waals surface area (Å²) in [4.78, 5) is 16.0. The fourth-order valence-corrected chi connectivity index (χ4v) is 11.3. The molecule has 0 N–H and O–H groups in total. The van der Waals surface area contributed by atoms with Gasteiger partial charge in [-0.05, 0) is 80.8 Å². The van der Waals surface area contributed by atoms with E-state index in [2.05, 4.69) is 191 Å². The lowest BCUT2D eigenvalue weighted by Crippen LogP contribution is -2.07. The summed E-state index contributed by atoms with van der Waals surface area (Å²) in [7, 11) is 0. The summed E-state index contributed by atoms with van der Waals surface area (Å²) in [6.07, 6.45) is 0. The topological polar surface area (TPSA) is 48.5 Å². The van der Waals surface area contributed by atoms with E-state index < -0.39 is 0 Å². The van der Waals surface area contributed by atoms with Crippen LogP contribution < -0.4 is 0 Å². The van der Waals surface area contributed by atoms with E-state index in [1.807, 2.05) is 29.5 Å². The second-order valence-corrected chi connectivity index (χ2v) is 17.4. The van der Waals surface area contributed by atoms with Crippen molar-refractivity contribution in [3.63, 3.8) is 0 Å². The zero-order valence-corrected chi connectivity index (χ0v) is 34.5. The Balaban J connectivity index is 1.10. The molecule has 0 atom stereocenters. The van der Waals surface area contributed by atoms with Gasteiger partial charge in [-0.25, -0.2) is 4.98 Å². The number of nitrogens with zero attached hydrogens (tertiary/aromatic N) is 5. The van der Waals surface area contributed by atoms with Crippen molar-refractivity contribution in [1.29, 1.82) is 0 Å². The maximum absolute atomic E-state index is 5.45. The van der Waals surface area contributed by atoms with Crippen LogP contribution in [0.3, 0.4) is 0 Å². The summed E-state index contributed by atoms with van der Waals surface area (Å²) in [5.74, 6) is 1.82. The molecule has 0 saturated heterocycles. The first-order valence-electron chi connectivity index (χ1n) is 21.3. The zero-order valence-electron chi connectivity index (χ0n) is 33.7. The van der Waals surface area contributed by atoms with Gasteiger partial charge < -0.3 is 4.57 Å². The van der Waals surface area contributed by atoms with Crippen molar-refractivity contribution in [2.24, 2.45) is 0 Å². The van der Waals surface area contributed by atoms with E-state index in [0.29, 0.717) is 17.6 Å². The van der Waals surface area contributed by atoms with Crippen molar-refractivity contribution < 1.29 is 0 Å². The highest BCUT2D eigenvalue weighted by Gasteiger charge is 2.24. The van der Waals surface area contributed by atoms with E-state index >= 15 is 0 Å². The molecule has 6 heteroatoms. The number of aromatic nitrogens is 5. The molecule has 0 bridgehead atoms. The first-order chi connectivity index (χ1) is 31.2. The van der Waals surface area contributed by atoms with Gasteiger partial charge in [0.05, 0.1) is 22.1 Å². The van der Waals surface area contributed by atoms with Crippen LogP contribution in [0.2, 0.25) is 0 Å². The van der Waals surface area contributed by atoms with Crippen LogP contribution in [-0.4, -0.2) is 24.1 Å².